The van der Waals surface area contributed by atoms with Crippen LogP contribution in [0.15, 0.2) is 48.5 Å². The number of hydrogen-bond donors (Lipinski definition) is 1. The van der Waals surface area contributed by atoms with Crippen LogP contribution in [0, 0.1) is 0 Å². The Hall–Kier alpha value is -2.09. The Bertz CT molecular complexity index is 883. The Kier molecular flexibility index (Phi) is 7.24. The maximum absolute atomic E-state index is 12.2. The number of nitrogens with zero attached hydrogens (tertiary/aromatic N) is 2. The monoisotopic (exact) mass is 409 g/mol. The molecule has 146 valence electrons. The standard InChI is InChI=1S/C19H24ClN3O3S/c1-22(2)12-11-21-19(24)16-9-7-15(8-10-16)14-23(27(3,25)26)18-6-4-5-17(20)13-18/h4-10,13H,11-12,14H2,1-3H3,(H,21,24). The highest BCUT2D eigenvalue weighted by molar-refractivity contribution is 7.92. The van der Waals surface area contributed by atoms with Crippen LogP contribution in [0.1, 0.15) is 15.9 Å². The van der Waals surface area contributed by atoms with Gasteiger partial charge in [-0.2, -0.15) is 0 Å². The molecule has 8 heteroatoms. The topological polar surface area (TPSA) is 69.7 Å². The molecule has 0 aromatic heterocycles. The lowest BCUT2D eigenvalue weighted by molar-refractivity contribution is 0.0951. The van der Waals surface area contributed by atoms with E-state index in [1.54, 1.807) is 48.5 Å². The fraction of sp³-hybridized carbons (Fsp3) is 0.316. The van der Waals surface area contributed by atoms with Crippen molar-refractivity contribution in [1.82, 2.24) is 10.2 Å². The molecule has 6 nitrogen and oxygen atoms in total. The lowest BCUT2D eigenvalue weighted by atomic mass is 10.1. The van der Waals surface area contributed by atoms with Crippen molar-refractivity contribution in [3.05, 3.63) is 64.7 Å². The number of benzene rings is 2. The van der Waals surface area contributed by atoms with Crippen molar-refractivity contribution in [1.29, 1.82) is 0 Å². The summed E-state index contributed by atoms with van der Waals surface area (Å²) in [7, 11) is 0.389. The average Bonchev–Trinajstić information content (AvgIpc) is 2.58. The van der Waals surface area contributed by atoms with Crippen molar-refractivity contribution in [3.8, 4) is 0 Å². The minimum absolute atomic E-state index is 0.154. The summed E-state index contributed by atoms with van der Waals surface area (Å²) >= 11 is 5.99. The van der Waals surface area contributed by atoms with Gasteiger partial charge in [0.15, 0.2) is 0 Å². The number of hydrogen-bond acceptors (Lipinski definition) is 4. The first-order valence-corrected chi connectivity index (χ1v) is 10.6. The number of anilines is 1. The molecule has 0 atom stereocenters. The summed E-state index contributed by atoms with van der Waals surface area (Å²) in [5.41, 5.74) is 1.80. The average molecular weight is 410 g/mol. The zero-order chi connectivity index (χ0) is 20.0. The Labute approximate surface area is 165 Å². The summed E-state index contributed by atoms with van der Waals surface area (Å²) in [6.07, 6.45) is 1.15. The maximum atomic E-state index is 12.2. The third kappa shape index (κ3) is 6.53. The van der Waals surface area contributed by atoms with Gasteiger partial charge in [-0.1, -0.05) is 29.8 Å². The number of amides is 1. The van der Waals surface area contributed by atoms with Crippen LogP contribution >= 0.6 is 11.6 Å². The minimum atomic E-state index is -3.49. The van der Waals surface area contributed by atoms with Crippen LogP contribution in [0.25, 0.3) is 0 Å². The molecule has 0 aliphatic rings. The van der Waals surface area contributed by atoms with Crippen LogP contribution in [0.2, 0.25) is 5.02 Å². The molecule has 0 unspecified atom stereocenters. The predicted molar refractivity (Wildman–Crippen MR) is 110 cm³/mol. The quantitative estimate of drug-likeness (QED) is 0.727. The van der Waals surface area contributed by atoms with E-state index in [0.717, 1.165) is 18.4 Å². The second-order valence-corrected chi connectivity index (χ2v) is 8.85. The van der Waals surface area contributed by atoms with Crippen LogP contribution in [0.4, 0.5) is 5.69 Å². The molecule has 0 radical (unpaired) electrons. The van der Waals surface area contributed by atoms with Gasteiger partial charge >= 0.3 is 0 Å². The molecule has 0 aliphatic heterocycles. The number of nitrogens with one attached hydrogen (secondary N) is 1. The summed E-state index contributed by atoms with van der Waals surface area (Å²) < 4.78 is 25.7. The number of carbonyl (C=O) groups is 1. The van der Waals surface area contributed by atoms with Gasteiger partial charge in [-0.3, -0.25) is 9.10 Å². The van der Waals surface area contributed by atoms with E-state index in [1.165, 1.54) is 4.31 Å². The van der Waals surface area contributed by atoms with Gasteiger partial charge in [0.25, 0.3) is 5.91 Å². The molecule has 0 bridgehead atoms. The van der Waals surface area contributed by atoms with E-state index in [4.69, 9.17) is 11.6 Å². The summed E-state index contributed by atoms with van der Waals surface area (Å²) in [5.74, 6) is -0.154. The largest absolute Gasteiger partial charge is 0.351 e. The first-order chi connectivity index (χ1) is 12.7. The highest BCUT2D eigenvalue weighted by atomic mass is 35.5. The fourth-order valence-corrected chi connectivity index (χ4v) is 3.52. The fourth-order valence-electron chi connectivity index (χ4n) is 2.45. The molecule has 0 aliphatic carbocycles. The van der Waals surface area contributed by atoms with E-state index >= 15 is 0 Å². The van der Waals surface area contributed by atoms with Crippen molar-refractivity contribution in [2.24, 2.45) is 0 Å². The predicted octanol–water partition coefficient (Wildman–Crippen LogP) is 2.60. The van der Waals surface area contributed by atoms with Crippen LogP contribution < -0.4 is 9.62 Å². The molecule has 27 heavy (non-hydrogen) atoms. The molecular weight excluding hydrogens is 386 g/mol. The van der Waals surface area contributed by atoms with E-state index in [2.05, 4.69) is 5.32 Å². The van der Waals surface area contributed by atoms with Gasteiger partial charge in [0.05, 0.1) is 18.5 Å². The Balaban J connectivity index is 2.12. The second kappa shape index (κ2) is 9.21. The van der Waals surface area contributed by atoms with Gasteiger partial charge in [-0.25, -0.2) is 8.42 Å². The molecule has 1 amide bonds. The molecule has 0 fully saturated rings. The van der Waals surface area contributed by atoms with E-state index in [-0.39, 0.29) is 12.5 Å². The molecule has 0 saturated heterocycles. The number of sulfonamides is 1. The number of rotatable bonds is 8. The molecule has 2 rings (SSSR count). The first kappa shape index (κ1) is 21.2. The van der Waals surface area contributed by atoms with Crippen molar-refractivity contribution in [2.45, 2.75) is 6.54 Å². The Morgan fingerprint density at radius 3 is 2.33 bits per heavy atom. The first-order valence-electron chi connectivity index (χ1n) is 8.42. The molecule has 0 spiro atoms. The van der Waals surface area contributed by atoms with Gasteiger partial charge in [-0.05, 0) is 50.0 Å². The van der Waals surface area contributed by atoms with Crippen molar-refractivity contribution >= 4 is 33.2 Å². The summed E-state index contributed by atoms with van der Waals surface area (Å²) in [6, 6.07) is 13.6. The zero-order valence-electron chi connectivity index (χ0n) is 15.6. The SMILES string of the molecule is CN(C)CCNC(=O)c1ccc(CN(c2cccc(Cl)c2)S(C)(=O)=O)cc1. The summed E-state index contributed by atoms with van der Waals surface area (Å²) in [5, 5.41) is 3.31. The van der Waals surface area contributed by atoms with Crippen LogP contribution in [-0.2, 0) is 16.6 Å². The van der Waals surface area contributed by atoms with Crippen LogP contribution in [0.3, 0.4) is 0 Å². The van der Waals surface area contributed by atoms with E-state index in [9.17, 15) is 13.2 Å². The van der Waals surface area contributed by atoms with Gasteiger partial charge in [0.1, 0.15) is 0 Å². The van der Waals surface area contributed by atoms with Gasteiger partial charge in [0.2, 0.25) is 10.0 Å². The minimum Gasteiger partial charge on any atom is -0.351 e. The second-order valence-electron chi connectivity index (χ2n) is 6.51. The lowest BCUT2D eigenvalue weighted by Crippen LogP contribution is -2.31. The van der Waals surface area contributed by atoms with Crippen molar-refractivity contribution in [3.63, 3.8) is 0 Å². The molecule has 2 aromatic rings. The summed E-state index contributed by atoms with van der Waals surface area (Å²) in [4.78, 5) is 14.1. The lowest BCUT2D eigenvalue weighted by Gasteiger charge is -2.22. The van der Waals surface area contributed by atoms with Gasteiger partial charge < -0.3 is 10.2 Å². The van der Waals surface area contributed by atoms with Gasteiger partial charge in [0, 0.05) is 23.7 Å². The zero-order valence-corrected chi connectivity index (χ0v) is 17.2. The van der Waals surface area contributed by atoms with Crippen molar-refractivity contribution < 1.29 is 13.2 Å². The normalized spacial score (nSPS) is 11.4. The maximum Gasteiger partial charge on any atom is 0.251 e. The molecule has 0 saturated carbocycles. The number of halogens is 1. The van der Waals surface area contributed by atoms with E-state index in [1.807, 2.05) is 19.0 Å². The molecule has 1 N–H and O–H groups in total. The van der Waals surface area contributed by atoms with E-state index < -0.39 is 10.0 Å². The Morgan fingerprint density at radius 2 is 1.78 bits per heavy atom. The van der Waals surface area contributed by atoms with Crippen molar-refractivity contribution in [2.75, 3.05) is 37.7 Å². The molecule has 2 aromatic carbocycles. The molecular formula is C19H24ClN3O3S. The third-order valence-corrected chi connectivity index (χ3v) is 5.26. The molecule has 0 heterocycles. The highest BCUT2D eigenvalue weighted by Crippen LogP contribution is 2.24. The van der Waals surface area contributed by atoms with Gasteiger partial charge in [-0.15, -0.1) is 0 Å². The highest BCUT2D eigenvalue weighted by Gasteiger charge is 2.18. The van der Waals surface area contributed by atoms with Crippen LogP contribution in [-0.4, -0.2) is 52.7 Å². The Morgan fingerprint density at radius 1 is 1.11 bits per heavy atom. The van der Waals surface area contributed by atoms with Crippen LogP contribution in [0.5, 0.6) is 0 Å². The summed E-state index contributed by atoms with van der Waals surface area (Å²) in [6.45, 7) is 1.47. The smallest absolute Gasteiger partial charge is 0.251 e. The third-order valence-electron chi connectivity index (χ3n) is 3.88. The van der Waals surface area contributed by atoms with E-state index in [0.29, 0.717) is 22.8 Å². The number of likely N-dealkylation sites (N-methyl/N-ethyl adjacent to an activating group) is 1. The number of carbonyl (C=O) groups excluding carboxylic acids is 1.